The number of benzene rings is 1. The number of aromatic nitrogens is 2. The summed E-state index contributed by atoms with van der Waals surface area (Å²) >= 11 is 0. The molecule has 2 rings (SSSR count). The number of phenols is 1. The van der Waals surface area contributed by atoms with Gasteiger partial charge in [0.1, 0.15) is 11.6 Å². The van der Waals surface area contributed by atoms with E-state index in [1.54, 1.807) is 12.1 Å². The number of aromatic amines is 1. The van der Waals surface area contributed by atoms with E-state index >= 15 is 0 Å². The molecule has 0 atom stereocenters. The highest BCUT2D eigenvalue weighted by Crippen LogP contribution is 2.24. The number of rotatable bonds is 3. The Bertz CT molecular complexity index is 458. The fourth-order valence-electron chi connectivity index (χ4n) is 1.89. The maximum atomic E-state index is 9.34. The number of nitrogens with one attached hydrogen (secondary N) is 1. The second-order valence-electron chi connectivity index (χ2n) is 3.84. The van der Waals surface area contributed by atoms with Crippen LogP contribution in [-0.4, -0.2) is 15.1 Å². The summed E-state index contributed by atoms with van der Waals surface area (Å²) in [5.74, 6) is 1.79. The minimum absolute atomic E-state index is 0.280. The highest BCUT2D eigenvalue weighted by atomic mass is 16.3. The summed E-state index contributed by atoms with van der Waals surface area (Å²) < 4.78 is 0. The number of nitrogens with zero attached hydrogens (tertiary/aromatic N) is 1. The molecule has 3 heteroatoms. The zero-order chi connectivity index (χ0) is 10.8. The second kappa shape index (κ2) is 3.93. The lowest BCUT2D eigenvalue weighted by Crippen LogP contribution is -1.97. The van der Waals surface area contributed by atoms with Crippen molar-refractivity contribution >= 4 is 11.0 Å². The highest BCUT2D eigenvalue weighted by molar-refractivity contribution is 5.76. The maximum Gasteiger partial charge on any atom is 0.117 e. The van der Waals surface area contributed by atoms with Gasteiger partial charge in [-0.05, 0) is 25.0 Å². The molecule has 0 aliphatic carbocycles. The Hall–Kier alpha value is -1.51. The molecular formula is C12H16N2O. The van der Waals surface area contributed by atoms with Crippen molar-refractivity contribution in [2.75, 3.05) is 0 Å². The summed E-state index contributed by atoms with van der Waals surface area (Å²) in [6.07, 6.45) is 2.17. The van der Waals surface area contributed by atoms with Crippen molar-refractivity contribution in [2.45, 2.75) is 32.6 Å². The largest absolute Gasteiger partial charge is 0.508 e. The van der Waals surface area contributed by atoms with Gasteiger partial charge in [-0.15, -0.1) is 0 Å². The predicted molar refractivity (Wildman–Crippen MR) is 61.1 cm³/mol. The summed E-state index contributed by atoms with van der Waals surface area (Å²) in [5.41, 5.74) is 1.84. The van der Waals surface area contributed by atoms with E-state index in [1.807, 2.05) is 6.07 Å². The van der Waals surface area contributed by atoms with Gasteiger partial charge in [0.15, 0.2) is 0 Å². The van der Waals surface area contributed by atoms with Crippen LogP contribution >= 0.6 is 0 Å². The molecule has 1 aromatic carbocycles. The molecule has 0 fully saturated rings. The number of hydrogen-bond acceptors (Lipinski definition) is 2. The first-order chi connectivity index (χ1) is 7.24. The van der Waals surface area contributed by atoms with Gasteiger partial charge in [0, 0.05) is 12.0 Å². The van der Waals surface area contributed by atoms with E-state index in [-0.39, 0.29) is 5.75 Å². The zero-order valence-corrected chi connectivity index (χ0v) is 9.12. The van der Waals surface area contributed by atoms with Gasteiger partial charge < -0.3 is 10.1 Å². The quantitative estimate of drug-likeness (QED) is 0.806. The molecule has 0 aliphatic heterocycles. The number of fused-ring (bicyclic) bond motifs is 1. The van der Waals surface area contributed by atoms with Gasteiger partial charge in [-0.25, -0.2) is 4.98 Å². The molecule has 0 bridgehead atoms. The van der Waals surface area contributed by atoms with Crippen molar-refractivity contribution < 1.29 is 5.11 Å². The summed E-state index contributed by atoms with van der Waals surface area (Å²) in [6.45, 7) is 4.33. The fraction of sp³-hybridized carbons (Fsp3) is 0.417. The van der Waals surface area contributed by atoms with Gasteiger partial charge in [-0.2, -0.15) is 0 Å². The Morgan fingerprint density at radius 1 is 1.33 bits per heavy atom. The monoisotopic (exact) mass is 204 g/mol. The Morgan fingerprint density at radius 3 is 2.73 bits per heavy atom. The summed E-state index contributed by atoms with van der Waals surface area (Å²) in [6, 6.07) is 5.22. The van der Waals surface area contributed by atoms with E-state index in [2.05, 4.69) is 23.8 Å². The van der Waals surface area contributed by atoms with Crippen LogP contribution in [0.5, 0.6) is 5.75 Å². The number of phenolic OH excluding ortho intramolecular Hbond substituents is 1. The van der Waals surface area contributed by atoms with Crippen molar-refractivity contribution in [2.24, 2.45) is 0 Å². The lowest BCUT2D eigenvalue weighted by molar-refractivity contribution is 0.476. The van der Waals surface area contributed by atoms with Gasteiger partial charge in [0.2, 0.25) is 0 Å². The maximum absolute atomic E-state index is 9.34. The van der Waals surface area contributed by atoms with Crippen LogP contribution in [0.3, 0.4) is 0 Å². The molecule has 0 saturated heterocycles. The van der Waals surface area contributed by atoms with Gasteiger partial charge >= 0.3 is 0 Å². The molecule has 2 N–H and O–H groups in total. The minimum atomic E-state index is 0.280. The third kappa shape index (κ3) is 1.82. The van der Waals surface area contributed by atoms with Gasteiger partial charge in [0.25, 0.3) is 0 Å². The SMILES string of the molecule is CCC(CC)c1nc2ccc(O)cc2[nH]1. The minimum Gasteiger partial charge on any atom is -0.508 e. The average molecular weight is 204 g/mol. The van der Waals surface area contributed by atoms with Crippen molar-refractivity contribution in [3.63, 3.8) is 0 Å². The lowest BCUT2D eigenvalue weighted by Gasteiger charge is -2.07. The number of H-pyrrole nitrogens is 1. The van der Waals surface area contributed by atoms with Crippen LogP contribution in [0.15, 0.2) is 18.2 Å². The molecule has 2 aromatic rings. The van der Waals surface area contributed by atoms with Gasteiger partial charge in [-0.3, -0.25) is 0 Å². The Kier molecular flexibility index (Phi) is 2.62. The van der Waals surface area contributed by atoms with E-state index in [0.717, 1.165) is 29.7 Å². The van der Waals surface area contributed by atoms with Gasteiger partial charge in [-0.1, -0.05) is 13.8 Å². The van der Waals surface area contributed by atoms with Crippen LogP contribution < -0.4 is 0 Å². The Morgan fingerprint density at radius 2 is 2.07 bits per heavy atom. The second-order valence-corrected chi connectivity index (χ2v) is 3.84. The molecule has 0 spiro atoms. The zero-order valence-electron chi connectivity index (χ0n) is 9.12. The van der Waals surface area contributed by atoms with E-state index in [0.29, 0.717) is 5.92 Å². The van der Waals surface area contributed by atoms with Gasteiger partial charge in [0.05, 0.1) is 11.0 Å². The third-order valence-electron chi connectivity index (χ3n) is 2.86. The van der Waals surface area contributed by atoms with Crippen molar-refractivity contribution in [3.05, 3.63) is 24.0 Å². The number of aromatic hydroxyl groups is 1. The van der Waals surface area contributed by atoms with Crippen LogP contribution in [-0.2, 0) is 0 Å². The topological polar surface area (TPSA) is 48.9 Å². The van der Waals surface area contributed by atoms with Crippen molar-refractivity contribution in [1.82, 2.24) is 9.97 Å². The molecule has 0 radical (unpaired) electrons. The highest BCUT2D eigenvalue weighted by Gasteiger charge is 2.11. The normalized spacial score (nSPS) is 11.4. The predicted octanol–water partition coefficient (Wildman–Crippen LogP) is 3.17. The third-order valence-corrected chi connectivity index (χ3v) is 2.86. The molecule has 1 aromatic heterocycles. The number of hydrogen-bond donors (Lipinski definition) is 2. The van der Waals surface area contributed by atoms with E-state index in [4.69, 9.17) is 0 Å². The molecule has 0 saturated carbocycles. The molecule has 3 nitrogen and oxygen atoms in total. The van der Waals surface area contributed by atoms with Crippen molar-refractivity contribution in [3.8, 4) is 5.75 Å². The smallest absolute Gasteiger partial charge is 0.117 e. The summed E-state index contributed by atoms with van der Waals surface area (Å²) in [5, 5.41) is 9.34. The first kappa shape index (κ1) is 10.0. The molecule has 0 aliphatic rings. The van der Waals surface area contributed by atoms with E-state index < -0.39 is 0 Å². The summed E-state index contributed by atoms with van der Waals surface area (Å²) in [4.78, 5) is 7.80. The average Bonchev–Trinajstić information content (AvgIpc) is 2.62. The molecule has 0 unspecified atom stereocenters. The van der Waals surface area contributed by atoms with E-state index in [9.17, 15) is 5.11 Å². The van der Waals surface area contributed by atoms with Crippen LogP contribution in [0.1, 0.15) is 38.4 Å². The first-order valence-corrected chi connectivity index (χ1v) is 5.43. The van der Waals surface area contributed by atoms with Crippen LogP contribution in [0.25, 0.3) is 11.0 Å². The Labute approximate surface area is 89.2 Å². The first-order valence-electron chi connectivity index (χ1n) is 5.43. The molecule has 80 valence electrons. The number of imidazole rings is 1. The molecule has 0 amide bonds. The van der Waals surface area contributed by atoms with Crippen LogP contribution in [0.2, 0.25) is 0 Å². The molecule has 1 heterocycles. The van der Waals surface area contributed by atoms with Crippen molar-refractivity contribution in [1.29, 1.82) is 0 Å². The molecular weight excluding hydrogens is 188 g/mol. The van der Waals surface area contributed by atoms with E-state index in [1.165, 1.54) is 0 Å². The fourth-order valence-corrected chi connectivity index (χ4v) is 1.89. The Balaban J connectivity index is 2.46. The van der Waals surface area contributed by atoms with Crippen LogP contribution in [0.4, 0.5) is 0 Å². The van der Waals surface area contributed by atoms with Crippen LogP contribution in [0, 0.1) is 0 Å². The summed E-state index contributed by atoms with van der Waals surface area (Å²) in [7, 11) is 0. The molecule has 15 heavy (non-hydrogen) atoms. The lowest BCUT2D eigenvalue weighted by atomic mass is 10.0. The standard InChI is InChI=1S/C12H16N2O/c1-3-8(4-2)12-13-10-6-5-9(15)7-11(10)14-12/h5-8,15H,3-4H2,1-2H3,(H,13,14).